The number of carboxylic acid groups (broad SMARTS) is 1. The van der Waals surface area contributed by atoms with Crippen LogP contribution in [0.1, 0.15) is 48.5 Å². The number of hydrogen-bond donors (Lipinski definition) is 3. The van der Waals surface area contributed by atoms with Gasteiger partial charge in [-0.05, 0) is 50.3 Å². The number of sulfonamides is 1. The molecule has 2 fully saturated rings. The smallest absolute Gasteiger partial charge is 0.335 e. The molecular formula is C17H25N3O4S. The first-order valence-electron chi connectivity index (χ1n) is 8.64. The molecule has 2 heterocycles. The largest absolute Gasteiger partial charge is 0.478 e. The average molecular weight is 367 g/mol. The third kappa shape index (κ3) is 3.57. The van der Waals surface area contributed by atoms with Gasteiger partial charge in [0.1, 0.15) is 5.25 Å². The highest BCUT2D eigenvalue weighted by molar-refractivity contribution is 7.89. The quantitative estimate of drug-likeness (QED) is 0.738. The highest BCUT2D eigenvalue weighted by Crippen LogP contribution is 2.31. The summed E-state index contributed by atoms with van der Waals surface area (Å²) < 4.78 is 27.8. The van der Waals surface area contributed by atoms with E-state index in [1.807, 2.05) is 19.9 Å². The third-order valence-electron chi connectivity index (χ3n) is 5.22. The molecule has 2 aliphatic rings. The summed E-state index contributed by atoms with van der Waals surface area (Å²) >= 11 is 0. The Labute approximate surface area is 148 Å². The molecule has 25 heavy (non-hydrogen) atoms. The summed E-state index contributed by atoms with van der Waals surface area (Å²) in [5.41, 5.74) is 7.14. The maximum absolute atomic E-state index is 13.1. The minimum Gasteiger partial charge on any atom is -0.478 e. The molecule has 7 nitrogen and oxygen atoms in total. The molecule has 3 N–H and O–H groups in total. The zero-order valence-corrected chi connectivity index (χ0v) is 15.3. The summed E-state index contributed by atoms with van der Waals surface area (Å²) in [6, 6.07) is 6.51. The van der Waals surface area contributed by atoms with E-state index in [4.69, 9.17) is 0 Å². The van der Waals surface area contributed by atoms with Crippen LogP contribution >= 0.6 is 0 Å². The van der Waals surface area contributed by atoms with Gasteiger partial charge in [-0.1, -0.05) is 12.1 Å². The van der Waals surface area contributed by atoms with E-state index in [0.717, 1.165) is 18.4 Å². The van der Waals surface area contributed by atoms with Gasteiger partial charge in [-0.15, -0.1) is 0 Å². The summed E-state index contributed by atoms with van der Waals surface area (Å²) in [4.78, 5) is 11.2. The van der Waals surface area contributed by atoms with Gasteiger partial charge in [0.2, 0.25) is 10.0 Å². The van der Waals surface area contributed by atoms with Crippen LogP contribution in [0.2, 0.25) is 0 Å². The Morgan fingerprint density at radius 3 is 2.56 bits per heavy atom. The van der Waals surface area contributed by atoms with Gasteiger partial charge in [0.15, 0.2) is 0 Å². The molecule has 3 atom stereocenters. The summed E-state index contributed by atoms with van der Waals surface area (Å²) in [5.74, 6) is -0.941. The number of nitrogens with one attached hydrogen (secondary N) is 2. The van der Waals surface area contributed by atoms with Gasteiger partial charge in [-0.25, -0.2) is 17.5 Å². The Hall–Kier alpha value is -1.48. The maximum atomic E-state index is 13.1. The van der Waals surface area contributed by atoms with Crippen LogP contribution in [0.5, 0.6) is 0 Å². The van der Waals surface area contributed by atoms with Crippen molar-refractivity contribution in [3.8, 4) is 0 Å². The zero-order valence-electron chi connectivity index (χ0n) is 14.5. The van der Waals surface area contributed by atoms with Gasteiger partial charge in [0, 0.05) is 25.2 Å². The van der Waals surface area contributed by atoms with Crippen molar-refractivity contribution in [1.29, 1.82) is 0 Å². The summed E-state index contributed by atoms with van der Waals surface area (Å²) in [7, 11) is -3.44. The standard InChI is InChI=1S/C17H25N3O4S/c1-11-16(12(2)19-18-11)25(23,24)20-8-4-7-15(10-20)13-5-3-6-14(9-13)17(21)22/h3,5-6,9,11-12,15-16,18-19H,4,7-8,10H2,1-2H3,(H,21,22). The number of hydrazine groups is 1. The van der Waals surface area contributed by atoms with E-state index in [0.29, 0.717) is 13.1 Å². The summed E-state index contributed by atoms with van der Waals surface area (Å²) in [5, 5.41) is 8.67. The zero-order chi connectivity index (χ0) is 18.2. The molecule has 0 bridgehead atoms. The SMILES string of the molecule is CC1NNC(C)C1S(=O)(=O)N1CCCC(c2cccc(C(=O)O)c2)C1. The lowest BCUT2D eigenvalue weighted by molar-refractivity contribution is 0.0696. The van der Waals surface area contributed by atoms with Crippen LogP contribution in [0.15, 0.2) is 24.3 Å². The van der Waals surface area contributed by atoms with Gasteiger partial charge < -0.3 is 5.11 Å². The molecule has 0 radical (unpaired) electrons. The number of hydrogen-bond acceptors (Lipinski definition) is 5. The van der Waals surface area contributed by atoms with E-state index >= 15 is 0 Å². The normalized spacial score (nSPS) is 31.1. The highest BCUT2D eigenvalue weighted by atomic mass is 32.2. The topological polar surface area (TPSA) is 98.7 Å². The first-order valence-corrected chi connectivity index (χ1v) is 10.1. The van der Waals surface area contributed by atoms with Crippen molar-refractivity contribution in [3.05, 3.63) is 35.4 Å². The second-order valence-corrected chi connectivity index (χ2v) is 9.09. The van der Waals surface area contributed by atoms with Crippen molar-refractivity contribution in [1.82, 2.24) is 15.2 Å². The number of carboxylic acids is 1. The molecule has 1 aromatic rings. The van der Waals surface area contributed by atoms with Gasteiger partial charge in [-0.2, -0.15) is 0 Å². The predicted octanol–water partition coefficient (Wildman–Crippen LogP) is 1.15. The molecule has 0 saturated carbocycles. The summed E-state index contributed by atoms with van der Waals surface area (Å²) in [6.07, 6.45) is 1.64. The Morgan fingerprint density at radius 1 is 1.24 bits per heavy atom. The molecule has 2 saturated heterocycles. The lowest BCUT2D eigenvalue weighted by atomic mass is 9.91. The van der Waals surface area contributed by atoms with Crippen LogP contribution in [0.25, 0.3) is 0 Å². The van der Waals surface area contributed by atoms with Crippen molar-refractivity contribution < 1.29 is 18.3 Å². The number of benzene rings is 1. The van der Waals surface area contributed by atoms with Crippen LogP contribution < -0.4 is 10.9 Å². The third-order valence-corrected chi connectivity index (χ3v) is 7.77. The van der Waals surface area contributed by atoms with Crippen LogP contribution in [0.4, 0.5) is 0 Å². The van der Waals surface area contributed by atoms with Crippen LogP contribution in [-0.2, 0) is 10.0 Å². The summed E-state index contributed by atoms with van der Waals surface area (Å²) in [6.45, 7) is 4.67. The van der Waals surface area contributed by atoms with Crippen molar-refractivity contribution in [2.45, 2.75) is 49.9 Å². The Kier molecular flexibility index (Phi) is 5.15. The van der Waals surface area contributed by atoms with Crippen molar-refractivity contribution in [2.75, 3.05) is 13.1 Å². The molecule has 3 rings (SSSR count). The van der Waals surface area contributed by atoms with Crippen molar-refractivity contribution in [3.63, 3.8) is 0 Å². The minimum atomic E-state index is -3.44. The molecule has 0 spiro atoms. The number of carbonyl (C=O) groups is 1. The maximum Gasteiger partial charge on any atom is 0.335 e. The first-order chi connectivity index (χ1) is 11.8. The second-order valence-electron chi connectivity index (χ2n) is 7.00. The van der Waals surface area contributed by atoms with Crippen LogP contribution in [0, 0.1) is 0 Å². The lowest BCUT2D eigenvalue weighted by Gasteiger charge is -2.35. The van der Waals surface area contributed by atoms with Gasteiger partial charge in [-0.3, -0.25) is 10.9 Å². The minimum absolute atomic E-state index is 0.0239. The fourth-order valence-corrected chi connectivity index (χ4v) is 6.20. The molecule has 0 aliphatic carbocycles. The number of piperidine rings is 1. The number of rotatable bonds is 4. The van der Waals surface area contributed by atoms with Gasteiger partial charge in [0.25, 0.3) is 0 Å². The van der Waals surface area contributed by atoms with E-state index in [9.17, 15) is 18.3 Å². The van der Waals surface area contributed by atoms with E-state index in [-0.39, 0.29) is 23.6 Å². The molecule has 138 valence electrons. The fraction of sp³-hybridized carbons (Fsp3) is 0.588. The lowest BCUT2D eigenvalue weighted by Crippen LogP contribution is -2.49. The van der Waals surface area contributed by atoms with Crippen LogP contribution in [-0.4, -0.2) is 54.2 Å². The highest BCUT2D eigenvalue weighted by Gasteiger charge is 2.44. The molecule has 2 aliphatic heterocycles. The Balaban J connectivity index is 1.81. The number of nitrogens with zero attached hydrogens (tertiary/aromatic N) is 1. The predicted molar refractivity (Wildman–Crippen MR) is 94.9 cm³/mol. The van der Waals surface area contributed by atoms with Crippen molar-refractivity contribution >= 4 is 16.0 Å². The van der Waals surface area contributed by atoms with Gasteiger partial charge in [0.05, 0.1) is 5.56 Å². The van der Waals surface area contributed by atoms with Crippen LogP contribution in [0.3, 0.4) is 0 Å². The fourth-order valence-electron chi connectivity index (χ4n) is 3.92. The van der Waals surface area contributed by atoms with E-state index in [2.05, 4.69) is 10.9 Å². The Bertz CT molecular complexity index is 742. The monoisotopic (exact) mass is 367 g/mol. The van der Waals surface area contributed by atoms with E-state index in [1.54, 1.807) is 22.5 Å². The van der Waals surface area contributed by atoms with Gasteiger partial charge >= 0.3 is 5.97 Å². The van der Waals surface area contributed by atoms with E-state index < -0.39 is 21.2 Å². The molecule has 1 aromatic carbocycles. The molecule has 8 heteroatoms. The molecule has 0 amide bonds. The molecule has 0 aromatic heterocycles. The average Bonchev–Trinajstić information content (AvgIpc) is 2.94. The van der Waals surface area contributed by atoms with E-state index in [1.165, 1.54) is 0 Å². The first kappa shape index (κ1) is 18.3. The number of aromatic carboxylic acids is 1. The van der Waals surface area contributed by atoms with Crippen molar-refractivity contribution in [2.24, 2.45) is 0 Å². The molecular weight excluding hydrogens is 342 g/mol. The Morgan fingerprint density at radius 2 is 1.92 bits per heavy atom. The molecule has 3 unspecified atom stereocenters. The second kappa shape index (κ2) is 7.03.